The predicted molar refractivity (Wildman–Crippen MR) is 142 cm³/mol. The molecule has 1 aliphatic heterocycles. The van der Waals surface area contributed by atoms with Gasteiger partial charge in [-0.05, 0) is 75.9 Å². The van der Waals surface area contributed by atoms with Crippen LogP contribution in [0.2, 0.25) is 0 Å². The molecule has 1 saturated heterocycles. The van der Waals surface area contributed by atoms with Gasteiger partial charge < -0.3 is 25.4 Å². The van der Waals surface area contributed by atoms with E-state index in [1.54, 1.807) is 29.2 Å². The average Bonchev–Trinajstić information content (AvgIpc) is 2.87. The summed E-state index contributed by atoms with van der Waals surface area (Å²) in [7, 11) is 0. The number of carbonyl (C=O) groups excluding carboxylic acids is 2. The van der Waals surface area contributed by atoms with Crippen molar-refractivity contribution in [1.82, 2.24) is 14.9 Å². The fourth-order valence-corrected chi connectivity index (χ4v) is 4.17. The quantitative estimate of drug-likeness (QED) is 0.425. The molecule has 0 radical (unpaired) electrons. The zero-order valence-electron chi connectivity index (χ0n) is 21.4. The lowest BCUT2D eigenvalue weighted by Crippen LogP contribution is -2.44. The molecule has 1 atom stereocenters. The van der Waals surface area contributed by atoms with Gasteiger partial charge in [0.2, 0.25) is 0 Å². The number of ketones is 1. The molecular weight excluding hydrogens is 470 g/mol. The third-order valence-corrected chi connectivity index (χ3v) is 5.93. The number of likely N-dealkylation sites (tertiary alicyclic amines) is 1. The highest BCUT2D eigenvalue weighted by Gasteiger charge is 2.28. The number of hydrogen-bond donors (Lipinski definition) is 2. The number of nitrogen functional groups attached to an aromatic ring is 1. The molecule has 1 fully saturated rings. The SMILES string of the molecule is CC(C)(C)OC(=O)N1CCC[C@H](CNc2ncnc(N)c2C(=O)c2ccc(Oc3ccccc3)cc2)C1. The van der Waals surface area contributed by atoms with Gasteiger partial charge in [-0.25, -0.2) is 14.8 Å². The van der Waals surface area contributed by atoms with E-state index in [9.17, 15) is 9.59 Å². The van der Waals surface area contributed by atoms with E-state index in [1.807, 2.05) is 51.1 Å². The number of piperidine rings is 1. The molecule has 194 valence electrons. The number of ether oxygens (including phenoxy) is 2. The molecule has 0 spiro atoms. The molecule has 4 rings (SSSR count). The van der Waals surface area contributed by atoms with E-state index in [-0.39, 0.29) is 29.2 Å². The van der Waals surface area contributed by atoms with E-state index in [0.717, 1.165) is 12.8 Å². The van der Waals surface area contributed by atoms with Gasteiger partial charge in [-0.2, -0.15) is 0 Å². The maximum atomic E-state index is 13.4. The minimum atomic E-state index is -0.540. The van der Waals surface area contributed by atoms with Crippen molar-refractivity contribution >= 4 is 23.5 Å². The van der Waals surface area contributed by atoms with E-state index in [1.165, 1.54) is 6.33 Å². The van der Waals surface area contributed by atoms with Gasteiger partial charge in [0.05, 0.1) is 0 Å². The number of carbonyl (C=O) groups is 2. The topological polar surface area (TPSA) is 120 Å². The summed E-state index contributed by atoms with van der Waals surface area (Å²) in [5, 5.41) is 3.27. The maximum Gasteiger partial charge on any atom is 0.410 e. The molecule has 0 aliphatic carbocycles. The Bertz CT molecular complexity index is 1230. The Morgan fingerprint density at radius 1 is 1.05 bits per heavy atom. The molecule has 2 aromatic carbocycles. The maximum absolute atomic E-state index is 13.4. The molecule has 3 aromatic rings. The third-order valence-electron chi connectivity index (χ3n) is 5.93. The van der Waals surface area contributed by atoms with Crippen molar-refractivity contribution in [3.8, 4) is 11.5 Å². The lowest BCUT2D eigenvalue weighted by atomic mass is 9.98. The van der Waals surface area contributed by atoms with Crippen molar-refractivity contribution in [1.29, 1.82) is 0 Å². The van der Waals surface area contributed by atoms with E-state index >= 15 is 0 Å². The van der Waals surface area contributed by atoms with Crippen LogP contribution in [0.15, 0.2) is 60.9 Å². The molecule has 3 N–H and O–H groups in total. The molecule has 37 heavy (non-hydrogen) atoms. The van der Waals surface area contributed by atoms with E-state index in [0.29, 0.717) is 42.5 Å². The van der Waals surface area contributed by atoms with Gasteiger partial charge >= 0.3 is 6.09 Å². The highest BCUT2D eigenvalue weighted by molar-refractivity contribution is 6.14. The predicted octanol–water partition coefficient (Wildman–Crippen LogP) is 5.14. The van der Waals surface area contributed by atoms with Crippen molar-refractivity contribution in [3.05, 3.63) is 72.1 Å². The fourth-order valence-electron chi connectivity index (χ4n) is 4.17. The summed E-state index contributed by atoms with van der Waals surface area (Å²) in [6.45, 7) is 7.33. The number of anilines is 2. The van der Waals surface area contributed by atoms with E-state index < -0.39 is 5.60 Å². The zero-order chi connectivity index (χ0) is 26.4. The van der Waals surface area contributed by atoms with Gasteiger partial charge in [0.25, 0.3) is 0 Å². The first-order valence-electron chi connectivity index (χ1n) is 12.4. The summed E-state index contributed by atoms with van der Waals surface area (Å²) in [5.74, 6) is 1.69. The minimum Gasteiger partial charge on any atom is -0.457 e. The Morgan fingerprint density at radius 2 is 1.76 bits per heavy atom. The van der Waals surface area contributed by atoms with Crippen LogP contribution in [0.25, 0.3) is 0 Å². The molecule has 1 amide bonds. The summed E-state index contributed by atoms with van der Waals surface area (Å²) in [6, 6.07) is 16.3. The van der Waals surface area contributed by atoms with Gasteiger partial charge in [-0.3, -0.25) is 4.79 Å². The molecule has 0 unspecified atom stereocenters. The Kier molecular flexibility index (Phi) is 7.91. The first-order valence-corrected chi connectivity index (χ1v) is 12.4. The standard InChI is InChI=1S/C28H33N5O4/c1-28(2,3)37-27(35)33-15-7-8-19(17-33)16-30-26-23(25(29)31-18-32-26)24(34)20-11-13-22(14-12-20)36-21-9-5-4-6-10-21/h4-6,9-14,18-19H,7-8,15-17H2,1-3H3,(H3,29,30,31,32)/t19-/m1/s1. The van der Waals surface area contributed by atoms with Crippen molar-refractivity contribution in [2.75, 3.05) is 30.7 Å². The number of hydrogen-bond acceptors (Lipinski definition) is 8. The molecule has 2 heterocycles. The van der Waals surface area contributed by atoms with Crippen LogP contribution in [0.4, 0.5) is 16.4 Å². The monoisotopic (exact) mass is 503 g/mol. The van der Waals surface area contributed by atoms with Gasteiger partial charge in [0, 0.05) is 25.2 Å². The molecule has 9 heteroatoms. The number of nitrogens with zero attached hydrogens (tertiary/aromatic N) is 3. The molecule has 1 aliphatic rings. The highest BCUT2D eigenvalue weighted by atomic mass is 16.6. The zero-order valence-corrected chi connectivity index (χ0v) is 21.4. The largest absolute Gasteiger partial charge is 0.457 e. The lowest BCUT2D eigenvalue weighted by molar-refractivity contribution is 0.0172. The Balaban J connectivity index is 1.42. The lowest BCUT2D eigenvalue weighted by Gasteiger charge is -2.34. The fraction of sp³-hybridized carbons (Fsp3) is 0.357. The van der Waals surface area contributed by atoms with Crippen LogP contribution >= 0.6 is 0 Å². The van der Waals surface area contributed by atoms with E-state index in [4.69, 9.17) is 15.2 Å². The van der Waals surface area contributed by atoms with Crippen LogP contribution < -0.4 is 15.8 Å². The minimum absolute atomic E-state index is 0.103. The van der Waals surface area contributed by atoms with Crippen LogP contribution in [0.3, 0.4) is 0 Å². The number of amides is 1. The summed E-state index contributed by atoms with van der Waals surface area (Å²) in [5.41, 5.74) is 6.24. The second kappa shape index (κ2) is 11.3. The molecular formula is C28H33N5O4. The summed E-state index contributed by atoms with van der Waals surface area (Å²) >= 11 is 0. The number of nitrogens with one attached hydrogen (secondary N) is 1. The number of aromatic nitrogens is 2. The Hall–Kier alpha value is -4.14. The number of benzene rings is 2. The van der Waals surface area contributed by atoms with Crippen molar-refractivity contribution in [2.45, 2.75) is 39.2 Å². The van der Waals surface area contributed by atoms with Gasteiger partial charge in [-0.15, -0.1) is 0 Å². The summed E-state index contributed by atoms with van der Waals surface area (Å²) in [6.07, 6.45) is 2.85. The van der Waals surface area contributed by atoms with Crippen LogP contribution in [-0.4, -0.2) is 52.0 Å². The van der Waals surface area contributed by atoms with Crippen LogP contribution in [0, 0.1) is 5.92 Å². The van der Waals surface area contributed by atoms with Crippen molar-refractivity contribution < 1.29 is 19.1 Å². The van der Waals surface area contributed by atoms with Crippen molar-refractivity contribution in [3.63, 3.8) is 0 Å². The Morgan fingerprint density at radius 3 is 2.46 bits per heavy atom. The molecule has 0 saturated carbocycles. The molecule has 0 bridgehead atoms. The number of rotatable bonds is 7. The number of para-hydroxylation sites is 1. The average molecular weight is 504 g/mol. The second-order valence-corrected chi connectivity index (χ2v) is 10.1. The van der Waals surface area contributed by atoms with E-state index in [2.05, 4.69) is 15.3 Å². The third kappa shape index (κ3) is 6.97. The molecule has 1 aromatic heterocycles. The second-order valence-electron chi connectivity index (χ2n) is 10.1. The first kappa shape index (κ1) is 25.9. The highest BCUT2D eigenvalue weighted by Crippen LogP contribution is 2.26. The van der Waals surface area contributed by atoms with Crippen LogP contribution in [0.1, 0.15) is 49.5 Å². The number of nitrogens with two attached hydrogens (primary N) is 1. The van der Waals surface area contributed by atoms with Gasteiger partial charge in [-0.1, -0.05) is 18.2 Å². The normalized spacial score (nSPS) is 15.6. The summed E-state index contributed by atoms with van der Waals surface area (Å²) in [4.78, 5) is 35.9. The van der Waals surface area contributed by atoms with Crippen LogP contribution in [0.5, 0.6) is 11.5 Å². The molecule has 9 nitrogen and oxygen atoms in total. The first-order chi connectivity index (χ1) is 17.7. The summed E-state index contributed by atoms with van der Waals surface area (Å²) < 4.78 is 11.3. The van der Waals surface area contributed by atoms with Gasteiger partial charge in [0.15, 0.2) is 5.78 Å². The van der Waals surface area contributed by atoms with Crippen molar-refractivity contribution in [2.24, 2.45) is 5.92 Å². The Labute approximate surface area is 217 Å². The van der Waals surface area contributed by atoms with Crippen LogP contribution in [-0.2, 0) is 4.74 Å². The smallest absolute Gasteiger partial charge is 0.410 e. The van der Waals surface area contributed by atoms with Gasteiger partial charge in [0.1, 0.15) is 40.6 Å².